The Kier molecular flexibility index (Phi) is 4.69. The predicted octanol–water partition coefficient (Wildman–Crippen LogP) is 3.56. The van der Waals surface area contributed by atoms with Crippen LogP contribution in [0.25, 0.3) is 0 Å². The van der Waals surface area contributed by atoms with E-state index in [1.165, 1.54) is 11.8 Å². The van der Waals surface area contributed by atoms with E-state index in [1.54, 1.807) is 29.2 Å². The van der Waals surface area contributed by atoms with E-state index in [4.69, 9.17) is 16.7 Å². The molecule has 1 N–H and O–H groups in total. The van der Waals surface area contributed by atoms with Crippen molar-refractivity contribution in [1.82, 2.24) is 10.2 Å². The van der Waals surface area contributed by atoms with E-state index in [0.29, 0.717) is 5.02 Å². The number of nitrogens with zero attached hydrogens (tertiary/aromatic N) is 2. The molecule has 0 bridgehead atoms. The zero-order valence-corrected chi connectivity index (χ0v) is 12.1. The van der Waals surface area contributed by atoms with E-state index < -0.39 is 0 Å². The standard InChI is InChI=1S/C10H9ClN2OS3/c1-15-9-12-13-10(17-9)16-8-3-2-6(5-14)4-7(8)11/h2-4,14H,5H2,1H3. The summed E-state index contributed by atoms with van der Waals surface area (Å²) in [7, 11) is 0. The summed E-state index contributed by atoms with van der Waals surface area (Å²) >= 11 is 10.7. The van der Waals surface area contributed by atoms with Crippen LogP contribution in [0.5, 0.6) is 0 Å². The molecule has 0 amide bonds. The fourth-order valence-corrected chi connectivity index (χ4v) is 3.86. The zero-order valence-electron chi connectivity index (χ0n) is 8.88. The first-order chi connectivity index (χ1) is 8.22. The molecule has 0 fully saturated rings. The van der Waals surface area contributed by atoms with Gasteiger partial charge < -0.3 is 5.11 Å². The highest BCUT2D eigenvalue weighted by molar-refractivity contribution is 8.03. The van der Waals surface area contributed by atoms with Gasteiger partial charge in [-0.1, -0.05) is 52.5 Å². The third-order valence-corrected chi connectivity index (χ3v) is 5.39. The Morgan fingerprint density at radius 3 is 2.71 bits per heavy atom. The molecule has 0 aliphatic rings. The van der Waals surface area contributed by atoms with Crippen molar-refractivity contribution >= 4 is 46.5 Å². The Balaban J connectivity index is 2.18. The Bertz CT molecular complexity index is 518. The van der Waals surface area contributed by atoms with E-state index >= 15 is 0 Å². The van der Waals surface area contributed by atoms with Crippen molar-refractivity contribution < 1.29 is 5.11 Å². The molecule has 0 aliphatic carbocycles. The molecule has 90 valence electrons. The molecule has 2 aromatic rings. The molecule has 0 unspecified atom stereocenters. The van der Waals surface area contributed by atoms with E-state index in [-0.39, 0.29) is 6.61 Å². The summed E-state index contributed by atoms with van der Waals surface area (Å²) in [4.78, 5) is 0.924. The lowest BCUT2D eigenvalue weighted by Gasteiger charge is -2.02. The van der Waals surface area contributed by atoms with Crippen molar-refractivity contribution in [3.63, 3.8) is 0 Å². The summed E-state index contributed by atoms with van der Waals surface area (Å²) in [5, 5.41) is 17.7. The molecule has 2 rings (SSSR count). The molecule has 0 aliphatic heterocycles. The van der Waals surface area contributed by atoms with Gasteiger partial charge >= 0.3 is 0 Å². The van der Waals surface area contributed by atoms with Crippen LogP contribution in [0.3, 0.4) is 0 Å². The number of hydrogen-bond acceptors (Lipinski definition) is 6. The lowest BCUT2D eigenvalue weighted by atomic mass is 10.2. The van der Waals surface area contributed by atoms with E-state index in [2.05, 4.69) is 10.2 Å². The van der Waals surface area contributed by atoms with Crippen LogP contribution in [0.15, 0.2) is 31.8 Å². The molecule has 0 saturated heterocycles. The maximum absolute atomic E-state index is 8.99. The maximum Gasteiger partial charge on any atom is 0.179 e. The number of hydrogen-bond donors (Lipinski definition) is 1. The van der Waals surface area contributed by atoms with Gasteiger partial charge in [0.1, 0.15) is 0 Å². The number of aromatic nitrogens is 2. The number of rotatable bonds is 4. The second-order valence-electron chi connectivity index (χ2n) is 3.06. The third-order valence-electron chi connectivity index (χ3n) is 1.94. The van der Waals surface area contributed by atoms with Crippen LogP contribution in [0.4, 0.5) is 0 Å². The predicted molar refractivity (Wildman–Crippen MR) is 73.2 cm³/mol. The third kappa shape index (κ3) is 3.35. The van der Waals surface area contributed by atoms with Crippen LogP contribution < -0.4 is 0 Å². The number of aliphatic hydroxyl groups is 1. The van der Waals surface area contributed by atoms with Crippen molar-refractivity contribution in [3.05, 3.63) is 28.8 Å². The fourth-order valence-electron chi connectivity index (χ4n) is 1.14. The van der Waals surface area contributed by atoms with E-state index in [9.17, 15) is 0 Å². The maximum atomic E-state index is 8.99. The first kappa shape index (κ1) is 13.2. The molecule has 17 heavy (non-hydrogen) atoms. The molecular formula is C10H9ClN2OS3. The van der Waals surface area contributed by atoms with Crippen molar-refractivity contribution in [3.8, 4) is 0 Å². The molecule has 0 saturated carbocycles. The van der Waals surface area contributed by atoms with Crippen molar-refractivity contribution in [2.24, 2.45) is 0 Å². The lowest BCUT2D eigenvalue weighted by molar-refractivity contribution is 0.282. The average molecular weight is 305 g/mol. The van der Waals surface area contributed by atoms with E-state index in [1.807, 2.05) is 18.4 Å². The second kappa shape index (κ2) is 6.06. The number of thioether (sulfide) groups is 1. The van der Waals surface area contributed by atoms with Gasteiger partial charge in [0.2, 0.25) is 0 Å². The lowest BCUT2D eigenvalue weighted by Crippen LogP contribution is -1.83. The highest BCUT2D eigenvalue weighted by Crippen LogP contribution is 2.36. The van der Waals surface area contributed by atoms with Gasteiger partial charge in [0.15, 0.2) is 8.68 Å². The van der Waals surface area contributed by atoms with Crippen LogP contribution >= 0.6 is 46.5 Å². The van der Waals surface area contributed by atoms with Crippen LogP contribution in [0, 0.1) is 0 Å². The molecule has 1 aromatic carbocycles. The first-order valence-corrected chi connectivity index (χ1v) is 7.91. The summed E-state index contributed by atoms with van der Waals surface area (Å²) in [5.74, 6) is 0. The summed E-state index contributed by atoms with van der Waals surface area (Å²) in [5.41, 5.74) is 0.807. The molecular weight excluding hydrogens is 296 g/mol. The smallest absolute Gasteiger partial charge is 0.179 e. The van der Waals surface area contributed by atoms with Crippen LogP contribution in [-0.4, -0.2) is 21.6 Å². The van der Waals surface area contributed by atoms with Crippen molar-refractivity contribution in [2.75, 3.05) is 6.26 Å². The zero-order chi connectivity index (χ0) is 12.3. The highest BCUT2D eigenvalue weighted by atomic mass is 35.5. The van der Waals surface area contributed by atoms with Crippen molar-refractivity contribution in [2.45, 2.75) is 20.2 Å². The Labute approximate surface area is 117 Å². The first-order valence-electron chi connectivity index (χ1n) is 4.67. The van der Waals surface area contributed by atoms with Gasteiger partial charge in [-0.25, -0.2) is 0 Å². The molecule has 0 atom stereocenters. The van der Waals surface area contributed by atoms with E-state index in [0.717, 1.165) is 19.1 Å². The topological polar surface area (TPSA) is 46.0 Å². The van der Waals surface area contributed by atoms with Gasteiger partial charge in [-0.2, -0.15) is 0 Å². The Morgan fingerprint density at radius 2 is 2.12 bits per heavy atom. The SMILES string of the molecule is CSc1nnc(Sc2ccc(CO)cc2Cl)s1. The molecule has 7 heteroatoms. The summed E-state index contributed by atoms with van der Waals surface area (Å²) in [6.45, 7) is 0.0000963. The summed E-state index contributed by atoms with van der Waals surface area (Å²) in [6.07, 6.45) is 1.97. The summed E-state index contributed by atoms with van der Waals surface area (Å²) < 4.78 is 1.81. The van der Waals surface area contributed by atoms with Gasteiger partial charge in [-0.05, 0) is 24.0 Å². The minimum absolute atomic E-state index is 0.0000963. The molecule has 3 nitrogen and oxygen atoms in total. The largest absolute Gasteiger partial charge is 0.392 e. The summed E-state index contributed by atoms with van der Waals surface area (Å²) in [6, 6.07) is 5.50. The van der Waals surface area contributed by atoms with Crippen LogP contribution in [0.1, 0.15) is 5.56 Å². The average Bonchev–Trinajstić information content (AvgIpc) is 2.79. The van der Waals surface area contributed by atoms with Crippen LogP contribution in [0.2, 0.25) is 5.02 Å². The fraction of sp³-hybridized carbons (Fsp3) is 0.200. The van der Waals surface area contributed by atoms with Gasteiger partial charge in [-0.3, -0.25) is 0 Å². The highest BCUT2D eigenvalue weighted by Gasteiger charge is 2.08. The Morgan fingerprint density at radius 1 is 1.35 bits per heavy atom. The van der Waals surface area contributed by atoms with Gasteiger partial charge in [-0.15, -0.1) is 10.2 Å². The van der Waals surface area contributed by atoms with Gasteiger partial charge in [0, 0.05) is 4.90 Å². The number of aliphatic hydroxyl groups excluding tert-OH is 1. The monoisotopic (exact) mass is 304 g/mol. The van der Waals surface area contributed by atoms with Gasteiger partial charge in [0.05, 0.1) is 11.6 Å². The van der Waals surface area contributed by atoms with Crippen molar-refractivity contribution in [1.29, 1.82) is 0 Å². The molecule has 1 heterocycles. The van der Waals surface area contributed by atoms with Gasteiger partial charge in [0.25, 0.3) is 0 Å². The molecule has 0 spiro atoms. The number of halogens is 1. The normalized spacial score (nSPS) is 10.8. The Hall–Kier alpha value is -0.270. The quantitative estimate of drug-likeness (QED) is 0.875. The number of benzene rings is 1. The minimum atomic E-state index is 0.0000963. The second-order valence-corrected chi connectivity index (χ2v) is 6.79. The minimum Gasteiger partial charge on any atom is -0.392 e. The molecule has 1 aromatic heterocycles. The molecule has 0 radical (unpaired) electrons. The van der Waals surface area contributed by atoms with Crippen LogP contribution in [-0.2, 0) is 6.61 Å².